The number of carboxylic acid groups (broad SMARTS) is 1. The number of nitrogens with one attached hydrogen (secondary N) is 1. The Bertz CT molecular complexity index is 468. The summed E-state index contributed by atoms with van der Waals surface area (Å²) in [5, 5.41) is 11.3. The molecule has 1 fully saturated rings. The first-order valence-electron chi connectivity index (χ1n) is 7.46. The summed E-state index contributed by atoms with van der Waals surface area (Å²) < 4.78 is 0. The molecule has 114 valence electrons. The number of aliphatic carboxylic acids is 1. The van der Waals surface area contributed by atoms with E-state index in [1.807, 2.05) is 11.0 Å². The van der Waals surface area contributed by atoms with Crippen LogP contribution in [0.2, 0.25) is 0 Å². The van der Waals surface area contributed by atoms with Gasteiger partial charge in [-0.05, 0) is 30.7 Å². The van der Waals surface area contributed by atoms with Gasteiger partial charge in [0.05, 0.1) is 0 Å². The number of carbonyl (C=O) groups excluding carboxylic acids is 1. The largest absolute Gasteiger partial charge is 0.481 e. The molecular weight excluding hydrogens is 268 g/mol. The normalized spacial score (nSPS) is 15.7. The predicted molar refractivity (Wildman–Crippen MR) is 80.3 cm³/mol. The molecule has 5 heteroatoms. The Hall–Kier alpha value is -2.04. The minimum Gasteiger partial charge on any atom is -0.481 e. The summed E-state index contributed by atoms with van der Waals surface area (Å²) in [5.74, 6) is -0.296. The predicted octanol–water partition coefficient (Wildman–Crippen LogP) is 2.44. The summed E-state index contributed by atoms with van der Waals surface area (Å²) in [4.78, 5) is 24.2. The molecule has 0 bridgehead atoms. The lowest BCUT2D eigenvalue weighted by Crippen LogP contribution is -2.44. The van der Waals surface area contributed by atoms with Crippen molar-refractivity contribution in [3.05, 3.63) is 35.9 Å². The quantitative estimate of drug-likeness (QED) is 0.818. The van der Waals surface area contributed by atoms with Crippen molar-refractivity contribution in [2.75, 3.05) is 19.6 Å². The van der Waals surface area contributed by atoms with E-state index in [1.54, 1.807) is 0 Å². The molecule has 0 unspecified atom stereocenters. The molecule has 1 saturated heterocycles. The van der Waals surface area contributed by atoms with E-state index in [2.05, 4.69) is 29.6 Å². The summed E-state index contributed by atoms with van der Waals surface area (Å²) in [6, 6.07) is 10.3. The second-order valence-electron chi connectivity index (χ2n) is 5.40. The number of nitrogens with zero attached hydrogens (tertiary/aromatic N) is 1. The summed E-state index contributed by atoms with van der Waals surface area (Å²) in [6.07, 6.45) is 2.52. The van der Waals surface area contributed by atoms with Crippen LogP contribution in [0.4, 0.5) is 4.79 Å². The van der Waals surface area contributed by atoms with Gasteiger partial charge in [-0.25, -0.2) is 4.79 Å². The maximum atomic E-state index is 12.0. The number of piperidine rings is 1. The highest BCUT2D eigenvalue weighted by Crippen LogP contribution is 2.27. The van der Waals surface area contributed by atoms with E-state index >= 15 is 0 Å². The maximum Gasteiger partial charge on any atom is 0.317 e. The van der Waals surface area contributed by atoms with Crippen LogP contribution in [0.5, 0.6) is 0 Å². The zero-order chi connectivity index (χ0) is 15.1. The number of hydrogen-bond donors (Lipinski definition) is 2. The third kappa shape index (κ3) is 4.77. The molecule has 1 aromatic rings. The smallest absolute Gasteiger partial charge is 0.317 e. The van der Waals surface area contributed by atoms with Gasteiger partial charge in [0.25, 0.3) is 0 Å². The van der Waals surface area contributed by atoms with Crippen molar-refractivity contribution in [2.24, 2.45) is 0 Å². The van der Waals surface area contributed by atoms with Gasteiger partial charge in [0.15, 0.2) is 0 Å². The fourth-order valence-corrected chi connectivity index (χ4v) is 2.69. The SMILES string of the molecule is O=C(O)CCCNC(=O)N1CCC(c2ccccc2)CC1. The lowest BCUT2D eigenvalue weighted by atomic mass is 9.90. The van der Waals surface area contributed by atoms with E-state index in [9.17, 15) is 9.59 Å². The van der Waals surface area contributed by atoms with Crippen LogP contribution in [-0.2, 0) is 4.79 Å². The van der Waals surface area contributed by atoms with Crippen molar-refractivity contribution in [1.29, 1.82) is 0 Å². The molecule has 0 spiro atoms. The topological polar surface area (TPSA) is 69.6 Å². The average Bonchev–Trinajstić information content (AvgIpc) is 2.52. The zero-order valence-corrected chi connectivity index (χ0v) is 12.1. The van der Waals surface area contributed by atoms with Crippen LogP contribution in [0.3, 0.4) is 0 Å². The number of urea groups is 1. The first kappa shape index (κ1) is 15.4. The molecule has 5 nitrogen and oxygen atoms in total. The third-order valence-electron chi connectivity index (χ3n) is 3.90. The first-order valence-corrected chi connectivity index (χ1v) is 7.46. The van der Waals surface area contributed by atoms with Crippen molar-refractivity contribution in [1.82, 2.24) is 10.2 Å². The lowest BCUT2D eigenvalue weighted by molar-refractivity contribution is -0.137. The highest BCUT2D eigenvalue weighted by Gasteiger charge is 2.23. The molecule has 1 heterocycles. The van der Waals surface area contributed by atoms with E-state index < -0.39 is 5.97 Å². The monoisotopic (exact) mass is 290 g/mol. The zero-order valence-electron chi connectivity index (χ0n) is 12.1. The van der Waals surface area contributed by atoms with Crippen LogP contribution < -0.4 is 5.32 Å². The third-order valence-corrected chi connectivity index (χ3v) is 3.90. The highest BCUT2D eigenvalue weighted by molar-refractivity contribution is 5.74. The van der Waals surface area contributed by atoms with Crippen LogP contribution in [0, 0.1) is 0 Å². The van der Waals surface area contributed by atoms with Gasteiger partial charge in [-0.3, -0.25) is 4.79 Å². The molecule has 2 amide bonds. The summed E-state index contributed by atoms with van der Waals surface area (Å²) in [7, 11) is 0. The maximum absolute atomic E-state index is 12.0. The van der Waals surface area contributed by atoms with E-state index in [0.29, 0.717) is 18.9 Å². The summed E-state index contributed by atoms with van der Waals surface area (Å²) in [6.45, 7) is 1.93. The van der Waals surface area contributed by atoms with Gasteiger partial charge in [-0.15, -0.1) is 0 Å². The number of rotatable bonds is 5. The molecule has 0 radical (unpaired) electrons. The van der Waals surface area contributed by atoms with Gasteiger partial charge in [0, 0.05) is 26.1 Å². The van der Waals surface area contributed by atoms with Crippen LogP contribution in [-0.4, -0.2) is 41.6 Å². The Morgan fingerprint density at radius 2 is 1.86 bits per heavy atom. The molecule has 1 aromatic carbocycles. The van der Waals surface area contributed by atoms with Gasteiger partial charge in [-0.2, -0.15) is 0 Å². The van der Waals surface area contributed by atoms with Gasteiger partial charge in [0.1, 0.15) is 0 Å². The van der Waals surface area contributed by atoms with Gasteiger partial charge in [0.2, 0.25) is 0 Å². The Labute approximate surface area is 125 Å². The molecule has 0 atom stereocenters. The molecule has 0 saturated carbocycles. The molecule has 2 rings (SSSR count). The van der Waals surface area contributed by atoms with Crippen molar-refractivity contribution in [2.45, 2.75) is 31.6 Å². The van der Waals surface area contributed by atoms with E-state index in [0.717, 1.165) is 25.9 Å². The first-order chi connectivity index (χ1) is 10.2. The highest BCUT2D eigenvalue weighted by atomic mass is 16.4. The Kier molecular flexibility index (Phi) is 5.60. The Balaban J connectivity index is 1.71. The van der Waals surface area contributed by atoms with Gasteiger partial charge >= 0.3 is 12.0 Å². The van der Waals surface area contributed by atoms with Crippen molar-refractivity contribution in [3.8, 4) is 0 Å². The Morgan fingerprint density at radius 1 is 1.19 bits per heavy atom. The fourth-order valence-electron chi connectivity index (χ4n) is 2.69. The second-order valence-corrected chi connectivity index (χ2v) is 5.40. The van der Waals surface area contributed by atoms with E-state index in [4.69, 9.17) is 5.11 Å². The van der Waals surface area contributed by atoms with E-state index in [-0.39, 0.29) is 12.5 Å². The van der Waals surface area contributed by atoms with Crippen LogP contribution in [0.15, 0.2) is 30.3 Å². The van der Waals surface area contributed by atoms with Gasteiger partial charge in [-0.1, -0.05) is 30.3 Å². The lowest BCUT2D eigenvalue weighted by Gasteiger charge is -2.32. The number of hydrogen-bond acceptors (Lipinski definition) is 2. The number of amides is 2. The minimum atomic E-state index is -0.826. The fraction of sp³-hybridized carbons (Fsp3) is 0.500. The minimum absolute atomic E-state index is 0.0769. The van der Waals surface area contributed by atoms with E-state index in [1.165, 1.54) is 5.56 Å². The average molecular weight is 290 g/mol. The van der Waals surface area contributed by atoms with Crippen LogP contribution in [0.25, 0.3) is 0 Å². The number of carboxylic acids is 1. The number of benzene rings is 1. The molecule has 0 aliphatic carbocycles. The molecule has 2 N–H and O–H groups in total. The van der Waals surface area contributed by atoms with Crippen LogP contribution >= 0.6 is 0 Å². The summed E-state index contributed by atoms with van der Waals surface area (Å²) >= 11 is 0. The van der Waals surface area contributed by atoms with Crippen molar-refractivity contribution in [3.63, 3.8) is 0 Å². The molecule has 21 heavy (non-hydrogen) atoms. The van der Waals surface area contributed by atoms with Crippen molar-refractivity contribution < 1.29 is 14.7 Å². The van der Waals surface area contributed by atoms with Crippen LogP contribution in [0.1, 0.15) is 37.2 Å². The molecule has 1 aliphatic rings. The Morgan fingerprint density at radius 3 is 2.48 bits per heavy atom. The van der Waals surface area contributed by atoms with Gasteiger partial charge < -0.3 is 15.3 Å². The van der Waals surface area contributed by atoms with Crippen molar-refractivity contribution >= 4 is 12.0 Å². The molecular formula is C16H22N2O3. The number of carbonyl (C=O) groups is 2. The second kappa shape index (κ2) is 7.67. The molecule has 0 aromatic heterocycles. The standard InChI is InChI=1S/C16H22N2O3/c19-15(20)7-4-10-17-16(21)18-11-8-14(9-12-18)13-5-2-1-3-6-13/h1-3,5-6,14H,4,7-12H2,(H,17,21)(H,19,20). The molecule has 1 aliphatic heterocycles. The number of likely N-dealkylation sites (tertiary alicyclic amines) is 1. The summed E-state index contributed by atoms with van der Waals surface area (Å²) in [5.41, 5.74) is 1.35.